The van der Waals surface area contributed by atoms with Crippen molar-refractivity contribution in [1.82, 2.24) is 0 Å². The van der Waals surface area contributed by atoms with Crippen LogP contribution in [0.4, 0.5) is 0 Å². The van der Waals surface area contributed by atoms with Crippen molar-refractivity contribution in [3.05, 3.63) is 50.6 Å². The maximum Gasteiger partial charge on any atom is 0.338 e. The van der Waals surface area contributed by atoms with Gasteiger partial charge in [0.2, 0.25) is 0 Å². The van der Waals surface area contributed by atoms with Crippen LogP contribution in [0.2, 0.25) is 0 Å². The molecule has 0 amide bonds. The first kappa shape index (κ1) is 36.6. The van der Waals surface area contributed by atoms with Gasteiger partial charge in [0.25, 0.3) is 0 Å². The van der Waals surface area contributed by atoms with Gasteiger partial charge in [-0.2, -0.15) is 0 Å². The molecular weight excluding hydrogens is 560 g/mol. The minimum absolute atomic E-state index is 0.0565. The van der Waals surface area contributed by atoms with Crippen molar-refractivity contribution in [3.8, 4) is 0 Å². The van der Waals surface area contributed by atoms with Crippen molar-refractivity contribution < 1.29 is 66.5 Å². The lowest BCUT2D eigenvalue weighted by Gasteiger charge is -2.26. The maximum atomic E-state index is 12.7. The van der Waals surface area contributed by atoms with Crippen LogP contribution in [0.3, 0.4) is 0 Å². The summed E-state index contributed by atoms with van der Waals surface area (Å²) in [5.41, 5.74) is 0. The van der Waals surface area contributed by atoms with Crippen molar-refractivity contribution in [3.63, 3.8) is 0 Å². The van der Waals surface area contributed by atoms with Crippen LogP contribution in [0.1, 0.15) is 0 Å². The first-order valence-electron chi connectivity index (χ1n) is 13.1. The molecule has 1 saturated heterocycles. The Hall–Kier alpha value is -3.40. The maximum absolute atomic E-state index is 12.7. The second-order valence-electron chi connectivity index (χ2n) is 8.07. The van der Waals surface area contributed by atoms with Crippen LogP contribution in [-0.2, 0) is 66.5 Å². The van der Waals surface area contributed by atoms with Crippen LogP contribution in [0, 0.1) is 0 Å². The lowest BCUT2D eigenvalue weighted by atomic mass is 10.2. The van der Waals surface area contributed by atoms with Gasteiger partial charge in [-0.15, -0.1) is 0 Å². The summed E-state index contributed by atoms with van der Waals surface area (Å²) < 4.78 is 53.7. The fourth-order valence-electron chi connectivity index (χ4n) is 3.15. The summed E-state index contributed by atoms with van der Waals surface area (Å²) in [6.45, 7) is 12.6. The van der Waals surface area contributed by atoms with Gasteiger partial charge < -0.3 is 47.4 Å². The molecular formula is C28H40O14. The summed E-state index contributed by atoms with van der Waals surface area (Å²) in [7, 11) is 0. The summed E-state index contributed by atoms with van der Waals surface area (Å²) in [5.74, 6) is -3.51. The van der Waals surface area contributed by atoms with Crippen molar-refractivity contribution in [2.75, 3.05) is 79.3 Å². The van der Waals surface area contributed by atoms with E-state index < -0.39 is 48.3 Å². The molecule has 1 aliphatic heterocycles. The highest BCUT2D eigenvalue weighted by molar-refractivity contribution is 5.86. The summed E-state index contributed by atoms with van der Waals surface area (Å²) >= 11 is 0. The third-order valence-corrected chi connectivity index (χ3v) is 4.95. The molecule has 1 aliphatic rings. The van der Waals surface area contributed by atoms with E-state index in [1.807, 2.05) is 0 Å². The fourth-order valence-corrected chi connectivity index (χ4v) is 3.15. The molecule has 0 saturated carbocycles. The zero-order chi connectivity index (χ0) is 31.0. The number of ether oxygens (including phenoxy) is 10. The van der Waals surface area contributed by atoms with E-state index in [-0.39, 0.29) is 79.3 Å². The molecule has 0 aromatic heterocycles. The van der Waals surface area contributed by atoms with Crippen LogP contribution in [0.5, 0.6) is 0 Å². The van der Waals surface area contributed by atoms with Crippen LogP contribution in [-0.4, -0.2) is 128 Å². The van der Waals surface area contributed by atoms with E-state index in [1.165, 1.54) is 24.3 Å². The van der Waals surface area contributed by atoms with Gasteiger partial charge in [0.1, 0.15) is 26.4 Å². The lowest BCUT2D eigenvalue weighted by molar-refractivity contribution is -0.188. The van der Waals surface area contributed by atoms with Gasteiger partial charge >= 0.3 is 23.9 Å². The SMILES string of the molecule is C=CCOC(=O)[C@@H]1OCCOCCO[C@@H](C(=O)OCC=C)[C@H](C(=O)OCC=C)OCCOCCO[C@H]1C(=O)OCC=C. The zero-order valence-corrected chi connectivity index (χ0v) is 23.6. The number of rotatable bonds is 12. The smallest absolute Gasteiger partial charge is 0.338 e. The molecule has 0 aliphatic carbocycles. The quantitative estimate of drug-likeness (QED) is 0.173. The Balaban J connectivity index is 3.06. The van der Waals surface area contributed by atoms with Gasteiger partial charge in [0.05, 0.1) is 52.9 Å². The van der Waals surface area contributed by atoms with E-state index in [4.69, 9.17) is 47.4 Å². The van der Waals surface area contributed by atoms with Crippen molar-refractivity contribution in [2.24, 2.45) is 0 Å². The Bertz CT molecular complexity index is 735. The molecule has 0 aromatic carbocycles. The van der Waals surface area contributed by atoms with Crippen LogP contribution < -0.4 is 0 Å². The largest absolute Gasteiger partial charge is 0.459 e. The van der Waals surface area contributed by atoms with Crippen molar-refractivity contribution >= 4 is 23.9 Å². The minimum Gasteiger partial charge on any atom is -0.459 e. The Morgan fingerprint density at radius 1 is 0.452 bits per heavy atom. The second-order valence-corrected chi connectivity index (χ2v) is 8.07. The molecule has 0 radical (unpaired) electrons. The molecule has 4 atom stereocenters. The Morgan fingerprint density at radius 2 is 0.667 bits per heavy atom. The standard InChI is InChI=1S/C28H40O14/c1-5-9-39-25(29)21-22(26(30)40-10-6-2)36-18-14-34-16-20-38-24(28(32)42-12-8-4)23(27(31)41-11-7-3)37-19-15-33-13-17-35-21/h5-8,21-24H,1-4,9-20H2/t21-,22-,23-,24-/m1/s1. The lowest BCUT2D eigenvalue weighted by Crippen LogP contribution is -2.47. The molecule has 1 heterocycles. The van der Waals surface area contributed by atoms with Gasteiger partial charge in [0, 0.05) is 0 Å². The molecule has 14 nitrogen and oxygen atoms in total. The van der Waals surface area contributed by atoms with E-state index in [1.54, 1.807) is 0 Å². The van der Waals surface area contributed by atoms with Crippen molar-refractivity contribution in [2.45, 2.75) is 24.4 Å². The van der Waals surface area contributed by atoms with Crippen LogP contribution in [0.25, 0.3) is 0 Å². The highest BCUT2D eigenvalue weighted by Crippen LogP contribution is 2.13. The van der Waals surface area contributed by atoms with E-state index in [9.17, 15) is 19.2 Å². The molecule has 1 fully saturated rings. The summed E-state index contributed by atoms with van der Waals surface area (Å²) in [5, 5.41) is 0. The first-order chi connectivity index (χ1) is 20.4. The van der Waals surface area contributed by atoms with Gasteiger partial charge in [-0.25, -0.2) is 19.2 Å². The molecule has 0 N–H and O–H groups in total. The summed E-state index contributed by atoms with van der Waals surface area (Å²) in [6.07, 6.45) is -0.540. The number of carbonyl (C=O) groups is 4. The number of esters is 4. The second kappa shape index (κ2) is 23.2. The molecule has 0 unspecified atom stereocenters. The van der Waals surface area contributed by atoms with Gasteiger partial charge in [-0.05, 0) is 0 Å². The van der Waals surface area contributed by atoms with E-state index in [2.05, 4.69) is 26.3 Å². The average Bonchev–Trinajstić information content (AvgIpc) is 2.99. The number of hydrogen-bond acceptors (Lipinski definition) is 14. The predicted octanol–water partition coefficient (Wildman–Crippen LogP) is 0.491. The predicted molar refractivity (Wildman–Crippen MR) is 145 cm³/mol. The third kappa shape index (κ3) is 14.5. The molecule has 236 valence electrons. The first-order valence-corrected chi connectivity index (χ1v) is 13.1. The number of hydrogen-bond donors (Lipinski definition) is 0. The molecule has 0 spiro atoms. The van der Waals surface area contributed by atoms with E-state index in [0.717, 1.165) is 0 Å². The third-order valence-electron chi connectivity index (χ3n) is 4.95. The highest BCUT2D eigenvalue weighted by Gasteiger charge is 2.39. The molecule has 42 heavy (non-hydrogen) atoms. The highest BCUT2D eigenvalue weighted by atomic mass is 16.6. The molecule has 0 aromatic rings. The monoisotopic (exact) mass is 600 g/mol. The van der Waals surface area contributed by atoms with Crippen LogP contribution >= 0.6 is 0 Å². The minimum atomic E-state index is -1.49. The number of carbonyl (C=O) groups excluding carboxylic acids is 4. The Morgan fingerprint density at radius 3 is 0.857 bits per heavy atom. The average molecular weight is 601 g/mol. The molecule has 14 heteroatoms. The Labute approximate surface area is 245 Å². The Kier molecular flexibility index (Phi) is 20.2. The van der Waals surface area contributed by atoms with E-state index >= 15 is 0 Å². The van der Waals surface area contributed by atoms with Gasteiger partial charge in [-0.1, -0.05) is 50.6 Å². The molecule has 0 bridgehead atoms. The van der Waals surface area contributed by atoms with E-state index in [0.29, 0.717) is 0 Å². The normalized spacial score (nSPS) is 23.0. The summed E-state index contributed by atoms with van der Waals surface area (Å²) in [6, 6.07) is 0. The topological polar surface area (TPSA) is 161 Å². The van der Waals surface area contributed by atoms with Gasteiger partial charge in [-0.3, -0.25) is 0 Å². The zero-order valence-electron chi connectivity index (χ0n) is 23.6. The summed E-state index contributed by atoms with van der Waals surface area (Å²) in [4.78, 5) is 50.8. The van der Waals surface area contributed by atoms with Gasteiger partial charge in [0.15, 0.2) is 24.4 Å². The van der Waals surface area contributed by atoms with Crippen molar-refractivity contribution in [1.29, 1.82) is 0 Å². The van der Waals surface area contributed by atoms with Crippen LogP contribution in [0.15, 0.2) is 50.6 Å². The molecule has 1 rings (SSSR count). The fraction of sp³-hybridized carbons (Fsp3) is 0.571.